The number of carbonyl (C=O) groups is 1. The third kappa shape index (κ3) is 5.83. The number of amides is 1. The Balaban J connectivity index is 1.29. The standard InChI is InChI=1S/C30H35Cl2N7O2/c1-2-26(40)39-16-15-38(17-21(39)7-11-33)28-22-8-14-37(25-6-3-5-23(31)27(25)32)18-24(22)34-29(35-28)41-20-30(9-10-30)19-36-12-4-13-36/h2-3,5-6,21H,1,4,7-10,12-20H2. The van der Waals surface area contributed by atoms with Gasteiger partial charge in [0.25, 0.3) is 0 Å². The van der Waals surface area contributed by atoms with E-state index in [2.05, 4.69) is 27.3 Å². The number of aromatic nitrogens is 2. The third-order valence-electron chi connectivity index (χ3n) is 8.83. The summed E-state index contributed by atoms with van der Waals surface area (Å²) in [5.74, 6) is 0.688. The monoisotopic (exact) mass is 595 g/mol. The molecule has 1 aromatic heterocycles. The first-order valence-corrected chi connectivity index (χ1v) is 15.1. The Labute approximate surface area is 251 Å². The molecule has 216 valence electrons. The van der Waals surface area contributed by atoms with Crippen LogP contribution in [0.2, 0.25) is 10.0 Å². The van der Waals surface area contributed by atoms with Crippen LogP contribution in [-0.2, 0) is 17.8 Å². The quantitative estimate of drug-likeness (QED) is 0.396. The van der Waals surface area contributed by atoms with Gasteiger partial charge in [0.15, 0.2) is 0 Å². The summed E-state index contributed by atoms with van der Waals surface area (Å²) in [5, 5.41) is 10.6. The molecular weight excluding hydrogens is 561 g/mol. The largest absolute Gasteiger partial charge is 0.463 e. The second-order valence-corrected chi connectivity index (χ2v) is 12.4. The molecule has 1 amide bonds. The van der Waals surface area contributed by atoms with Crippen molar-refractivity contribution < 1.29 is 9.53 Å². The molecule has 1 saturated carbocycles. The average Bonchev–Trinajstić information content (AvgIpc) is 3.74. The number of ether oxygens (including phenoxy) is 1. The molecule has 2 saturated heterocycles. The molecule has 4 aliphatic rings. The lowest BCUT2D eigenvalue weighted by atomic mass is 10.0. The molecule has 1 aromatic carbocycles. The number of anilines is 2. The van der Waals surface area contributed by atoms with Gasteiger partial charge in [0.1, 0.15) is 5.82 Å². The van der Waals surface area contributed by atoms with Gasteiger partial charge in [0.2, 0.25) is 5.91 Å². The lowest BCUT2D eigenvalue weighted by Gasteiger charge is -2.42. The van der Waals surface area contributed by atoms with Crippen LogP contribution in [0.25, 0.3) is 0 Å². The maximum absolute atomic E-state index is 12.5. The van der Waals surface area contributed by atoms with E-state index in [1.54, 1.807) is 11.0 Å². The van der Waals surface area contributed by atoms with Crippen LogP contribution in [0.3, 0.4) is 0 Å². The third-order valence-corrected chi connectivity index (χ3v) is 9.64. The van der Waals surface area contributed by atoms with Gasteiger partial charge in [-0.3, -0.25) is 4.79 Å². The van der Waals surface area contributed by atoms with Crippen molar-refractivity contribution in [2.75, 3.05) is 62.2 Å². The molecule has 11 heteroatoms. The summed E-state index contributed by atoms with van der Waals surface area (Å²) in [6.45, 7) is 10.6. The predicted molar refractivity (Wildman–Crippen MR) is 160 cm³/mol. The number of likely N-dealkylation sites (tertiary alicyclic amines) is 1. The number of carbonyl (C=O) groups excluding carboxylic acids is 1. The molecule has 0 radical (unpaired) electrons. The van der Waals surface area contributed by atoms with Crippen molar-refractivity contribution in [3.05, 3.63) is 52.2 Å². The van der Waals surface area contributed by atoms with Gasteiger partial charge in [-0.1, -0.05) is 35.8 Å². The van der Waals surface area contributed by atoms with Gasteiger partial charge in [-0.15, -0.1) is 0 Å². The lowest BCUT2D eigenvalue weighted by molar-refractivity contribution is -0.128. The van der Waals surface area contributed by atoms with Crippen molar-refractivity contribution in [2.45, 2.75) is 44.7 Å². The molecule has 4 heterocycles. The van der Waals surface area contributed by atoms with Crippen molar-refractivity contribution in [1.29, 1.82) is 5.26 Å². The number of halogens is 2. The molecule has 2 aromatic rings. The van der Waals surface area contributed by atoms with Crippen LogP contribution in [0, 0.1) is 16.7 Å². The molecule has 3 aliphatic heterocycles. The van der Waals surface area contributed by atoms with Gasteiger partial charge in [-0.2, -0.15) is 15.2 Å². The normalized spacial score (nSPS) is 21.5. The summed E-state index contributed by atoms with van der Waals surface area (Å²) in [6.07, 6.45) is 5.89. The fourth-order valence-electron chi connectivity index (χ4n) is 6.15. The molecule has 0 bridgehead atoms. The molecule has 1 unspecified atom stereocenters. The second-order valence-electron chi connectivity index (χ2n) is 11.6. The number of nitrogens with zero attached hydrogens (tertiary/aromatic N) is 7. The van der Waals surface area contributed by atoms with E-state index >= 15 is 0 Å². The summed E-state index contributed by atoms with van der Waals surface area (Å²) in [6, 6.07) is 8.07. The average molecular weight is 597 g/mol. The Morgan fingerprint density at radius 2 is 2.00 bits per heavy atom. The molecule has 1 atom stereocenters. The van der Waals surface area contributed by atoms with E-state index in [1.807, 2.05) is 12.1 Å². The van der Waals surface area contributed by atoms with E-state index in [0.29, 0.717) is 48.8 Å². The number of hydrogen-bond acceptors (Lipinski definition) is 8. The van der Waals surface area contributed by atoms with Gasteiger partial charge >= 0.3 is 6.01 Å². The zero-order chi connectivity index (χ0) is 28.6. The Hall–Kier alpha value is -3.06. The highest BCUT2D eigenvalue weighted by molar-refractivity contribution is 6.43. The minimum absolute atomic E-state index is 0.149. The number of nitriles is 1. The maximum Gasteiger partial charge on any atom is 0.318 e. The molecule has 41 heavy (non-hydrogen) atoms. The number of hydrogen-bond donors (Lipinski definition) is 0. The van der Waals surface area contributed by atoms with Crippen molar-refractivity contribution in [3.63, 3.8) is 0 Å². The summed E-state index contributed by atoms with van der Waals surface area (Å²) in [4.78, 5) is 31.0. The van der Waals surface area contributed by atoms with Gasteiger partial charge < -0.3 is 24.3 Å². The molecule has 0 N–H and O–H groups in total. The predicted octanol–water partition coefficient (Wildman–Crippen LogP) is 4.33. The minimum Gasteiger partial charge on any atom is -0.463 e. The van der Waals surface area contributed by atoms with E-state index in [-0.39, 0.29) is 23.8 Å². The van der Waals surface area contributed by atoms with Gasteiger partial charge in [0.05, 0.1) is 53.1 Å². The van der Waals surface area contributed by atoms with E-state index in [4.69, 9.17) is 37.9 Å². The second kappa shape index (κ2) is 11.7. The van der Waals surface area contributed by atoms with E-state index < -0.39 is 0 Å². The number of piperazine rings is 1. The van der Waals surface area contributed by atoms with Crippen molar-refractivity contribution in [2.24, 2.45) is 5.41 Å². The van der Waals surface area contributed by atoms with E-state index in [0.717, 1.165) is 55.1 Å². The first-order valence-electron chi connectivity index (χ1n) is 14.4. The van der Waals surface area contributed by atoms with Gasteiger partial charge in [-0.05, 0) is 57.0 Å². The minimum atomic E-state index is -0.245. The highest BCUT2D eigenvalue weighted by atomic mass is 35.5. The van der Waals surface area contributed by atoms with Crippen LogP contribution in [0.5, 0.6) is 6.01 Å². The van der Waals surface area contributed by atoms with Crippen LogP contribution < -0.4 is 14.5 Å². The number of benzene rings is 1. The Bertz CT molecular complexity index is 1370. The van der Waals surface area contributed by atoms with E-state index in [1.165, 1.54) is 25.6 Å². The topological polar surface area (TPSA) is 88.8 Å². The molecule has 3 fully saturated rings. The smallest absolute Gasteiger partial charge is 0.318 e. The van der Waals surface area contributed by atoms with Crippen LogP contribution in [0.4, 0.5) is 11.5 Å². The van der Waals surface area contributed by atoms with Crippen LogP contribution in [0.1, 0.15) is 36.9 Å². The van der Waals surface area contributed by atoms with Crippen LogP contribution in [0.15, 0.2) is 30.9 Å². The van der Waals surface area contributed by atoms with Gasteiger partial charge in [0, 0.05) is 43.7 Å². The zero-order valence-electron chi connectivity index (χ0n) is 23.2. The molecule has 1 aliphatic carbocycles. The molecule has 9 nitrogen and oxygen atoms in total. The van der Waals surface area contributed by atoms with Crippen LogP contribution >= 0.6 is 23.2 Å². The Kier molecular flexibility index (Phi) is 7.99. The summed E-state index contributed by atoms with van der Waals surface area (Å²) in [5.41, 5.74) is 3.05. The van der Waals surface area contributed by atoms with Crippen molar-refractivity contribution in [1.82, 2.24) is 19.8 Å². The number of fused-ring (bicyclic) bond motifs is 1. The lowest BCUT2D eigenvalue weighted by Crippen LogP contribution is -2.55. The maximum atomic E-state index is 12.5. The molecule has 0 spiro atoms. The fourth-order valence-corrected chi connectivity index (χ4v) is 6.56. The first kappa shape index (κ1) is 28.1. The highest BCUT2D eigenvalue weighted by Gasteiger charge is 2.46. The Morgan fingerprint density at radius 3 is 2.71 bits per heavy atom. The SMILES string of the molecule is C=CC(=O)N1CCN(c2nc(OCC3(CN4CCC4)CC3)nc3c2CCN(c2cccc(Cl)c2Cl)C3)CC1CC#N. The van der Waals surface area contributed by atoms with Gasteiger partial charge in [-0.25, -0.2) is 0 Å². The number of rotatable bonds is 9. The zero-order valence-corrected chi connectivity index (χ0v) is 24.7. The van der Waals surface area contributed by atoms with Crippen molar-refractivity contribution >= 4 is 40.6 Å². The fraction of sp³-hybridized carbons (Fsp3) is 0.533. The summed E-state index contributed by atoms with van der Waals surface area (Å²) >= 11 is 12.9. The van der Waals surface area contributed by atoms with Crippen molar-refractivity contribution in [3.8, 4) is 12.1 Å². The molecular formula is C30H35Cl2N7O2. The van der Waals surface area contributed by atoms with E-state index in [9.17, 15) is 10.1 Å². The first-order chi connectivity index (χ1) is 19.9. The Morgan fingerprint density at radius 1 is 1.17 bits per heavy atom. The summed E-state index contributed by atoms with van der Waals surface area (Å²) in [7, 11) is 0. The highest BCUT2D eigenvalue weighted by Crippen LogP contribution is 2.47. The van der Waals surface area contributed by atoms with Crippen LogP contribution in [-0.4, -0.2) is 84.1 Å². The molecule has 6 rings (SSSR count). The summed E-state index contributed by atoms with van der Waals surface area (Å²) < 4.78 is 6.36.